The van der Waals surface area contributed by atoms with Crippen LogP contribution in [0.25, 0.3) is 11.1 Å². The third kappa shape index (κ3) is 4.54. The Morgan fingerprint density at radius 1 is 1.19 bits per heavy atom. The molecular formula is C22H31FN2O. The van der Waals surface area contributed by atoms with E-state index in [9.17, 15) is 9.18 Å². The van der Waals surface area contributed by atoms with Crippen LogP contribution in [-0.4, -0.2) is 10.5 Å². The second-order valence-corrected chi connectivity index (χ2v) is 7.44. The monoisotopic (exact) mass is 358 g/mol. The molecule has 142 valence electrons. The van der Waals surface area contributed by atoms with E-state index in [-0.39, 0.29) is 5.82 Å². The molecule has 0 bridgehead atoms. The van der Waals surface area contributed by atoms with E-state index in [4.69, 9.17) is 5.73 Å². The fourth-order valence-electron chi connectivity index (χ4n) is 3.52. The van der Waals surface area contributed by atoms with Crippen LogP contribution in [0, 0.1) is 18.7 Å². The summed E-state index contributed by atoms with van der Waals surface area (Å²) >= 11 is 0. The number of unbranched alkanes of at least 4 members (excludes halogenated alkanes) is 2. The first kappa shape index (κ1) is 20.2. The first-order chi connectivity index (χ1) is 12.4. The zero-order chi connectivity index (χ0) is 19.3. The lowest BCUT2D eigenvalue weighted by Gasteiger charge is -2.14. The van der Waals surface area contributed by atoms with Gasteiger partial charge in [0, 0.05) is 23.5 Å². The number of nitrogens with zero attached hydrogens (tertiary/aromatic N) is 1. The zero-order valence-corrected chi connectivity index (χ0v) is 16.4. The number of halogens is 1. The van der Waals surface area contributed by atoms with E-state index in [0.29, 0.717) is 11.5 Å². The van der Waals surface area contributed by atoms with Crippen LogP contribution in [0.4, 0.5) is 4.39 Å². The van der Waals surface area contributed by atoms with Crippen molar-refractivity contribution in [1.82, 2.24) is 4.57 Å². The first-order valence-corrected chi connectivity index (χ1v) is 9.64. The highest BCUT2D eigenvalue weighted by molar-refractivity contribution is 6.02. The fraction of sp³-hybridized carbons (Fsp3) is 0.500. The lowest BCUT2D eigenvalue weighted by atomic mass is 9.97. The van der Waals surface area contributed by atoms with Crippen LogP contribution in [0.15, 0.2) is 24.3 Å². The molecule has 4 heteroatoms. The summed E-state index contributed by atoms with van der Waals surface area (Å²) in [6, 6.07) is 6.37. The maximum Gasteiger partial charge on any atom is 0.251 e. The van der Waals surface area contributed by atoms with Crippen molar-refractivity contribution in [2.24, 2.45) is 11.7 Å². The summed E-state index contributed by atoms with van der Waals surface area (Å²) in [5.74, 6) is -0.119. The fourth-order valence-corrected chi connectivity index (χ4v) is 3.52. The molecule has 2 rings (SSSR count). The minimum Gasteiger partial charge on any atom is -0.366 e. The Morgan fingerprint density at radius 3 is 2.38 bits per heavy atom. The topological polar surface area (TPSA) is 48.0 Å². The van der Waals surface area contributed by atoms with Gasteiger partial charge in [0.15, 0.2) is 0 Å². The van der Waals surface area contributed by atoms with Gasteiger partial charge in [0.25, 0.3) is 5.91 Å². The molecule has 0 aliphatic heterocycles. The van der Waals surface area contributed by atoms with Crippen molar-refractivity contribution in [3.8, 4) is 11.1 Å². The molecule has 0 radical (unpaired) electrons. The van der Waals surface area contributed by atoms with Gasteiger partial charge in [-0.2, -0.15) is 0 Å². The summed E-state index contributed by atoms with van der Waals surface area (Å²) in [5, 5.41) is 0. The van der Waals surface area contributed by atoms with Crippen LogP contribution >= 0.6 is 0 Å². The quantitative estimate of drug-likeness (QED) is 0.593. The second kappa shape index (κ2) is 9.02. The third-order valence-corrected chi connectivity index (χ3v) is 4.96. The van der Waals surface area contributed by atoms with Crippen molar-refractivity contribution < 1.29 is 9.18 Å². The van der Waals surface area contributed by atoms with Crippen LogP contribution in [0.3, 0.4) is 0 Å². The Balaban J connectivity index is 2.61. The summed E-state index contributed by atoms with van der Waals surface area (Å²) in [5.41, 5.74) is 10.1. The van der Waals surface area contributed by atoms with Crippen LogP contribution in [-0.2, 0) is 13.0 Å². The van der Waals surface area contributed by atoms with E-state index in [1.807, 2.05) is 6.92 Å². The molecule has 0 saturated heterocycles. The van der Waals surface area contributed by atoms with Crippen molar-refractivity contribution in [3.05, 3.63) is 47.0 Å². The van der Waals surface area contributed by atoms with Gasteiger partial charge in [0.2, 0.25) is 0 Å². The molecule has 0 atom stereocenters. The van der Waals surface area contributed by atoms with Gasteiger partial charge in [0.1, 0.15) is 5.82 Å². The van der Waals surface area contributed by atoms with Crippen LogP contribution < -0.4 is 5.73 Å². The lowest BCUT2D eigenvalue weighted by molar-refractivity contribution is 0.1000. The van der Waals surface area contributed by atoms with E-state index in [0.717, 1.165) is 61.2 Å². The summed E-state index contributed by atoms with van der Waals surface area (Å²) in [7, 11) is 0. The van der Waals surface area contributed by atoms with Gasteiger partial charge < -0.3 is 10.3 Å². The van der Waals surface area contributed by atoms with Gasteiger partial charge in [-0.3, -0.25) is 4.79 Å². The van der Waals surface area contributed by atoms with Crippen LogP contribution in [0.1, 0.15) is 68.2 Å². The van der Waals surface area contributed by atoms with Gasteiger partial charge in [0.05, 0.1) is 5.56 Å². The average Bonchev–Trinajstić information content (AvgIpc) is 2.86. The number of primary amides is 1. The molecule has 1 aromatic heterocycles. The molecule has 0 saturated carbocycles. The van der Waals surface area contributed by atoms with Gasteiger partial charge in [-0.1, -0.05) is 45.7 Å². The molecule has 0 aliphatic rings. The van der Waals surface area contributed by atoms with Gasteiger partial charge >= 0.3 is 0 Å². The zero-order valence-electron chi connectivity index (χ0n) is 16.4. The SMILES string of the molecule is CCCCCc1c(-c2ccc(F)cc2)c(C(N)=O)c(C)n1CCC(C)C. The number of nitrogens with two attached hydrogens (primary N) is 1. The average molecular weight is 359 g/mol. The molecule has 0 unspecified atom stereocenters. The summed E-state index contributed by atoms with van der Waals surface area (Å²) < 4.78 is 15.7. The number of benzene rings is 1. The van der Waals surface area contributed by atoms with Crippen molar-refractivity contribution in [2.45, 2.75) is 66.3 Å². The van der Waals surface area contributed by atoms with E-state index < -0.39 is 5.91 Å². The van der Waals surface area contributed by atoms with E-state index >= 15 is 0 Å². The highest BCUT2D eigenvalue weighted by Gasteiger charge is 2.24. The number of carbonyl (C=O) groups is 1. The van der Waals surface area contributed by atoms with E-state index in [2.05, 4.69) is 25.3 Å². The largest absolute Gasteiger partial charge is 0.366 e. The van der Waals surface area contributed by atoms with Crippen molar-refractivity contribution in [2.75, 3.05) is 0 Å². The Labute approximate surface area is 156 Å². The third-order valence-electron chi connectivity index (χ3n) is 4.96. The minimum atomic E-state index is -0.415. The minimum absolute atomic E-state index is 0.280. The maximum atomic E-state index is 13.4. The van der Waals surface area contributed by atoms with Gasteiger partial charge in [-0.25, -0.2) is 4.39 Å². The van der Waals surface area contributed by atoms with Crippen LogP contribution in [0.5, 0.6) is 0 Å². The number of aromatic nitrogens is 1. The number of amides is 1. The summed E-state index contributed by atoms with van der Waals surface area (Å²) in [4.78, 5) is 12.3. The smallest absolute Gasteiger partial charge is 0.251 e. The molecule has 2 N–H and O–H groups in total. The Bertz CT molecular complexity index is 744. The predicted molar refractivity (Wildman–Crippen MR) is 106 cm³/mol. The molecule has 1 heterocycles. The highest BCUT2D eigenvalue weighted by atomic mass is 19.1. The number of rotatable bonds is 9. The van der Waals surface area contributed by atoms with Gasteiger partial charge in [-0.15, -0.1) is 0 Å². The molecule has 0 fully saturated rings. The highest BCUT2D eigenvalue weighted by Crippen LogP contribution is 2.34. The number of carbonyl (C=O) groups excluding carboxylic acids is 1. The molecule has 2 aromatic rings. The first-order valence-electron chi connectivity index (χ1n) is 9.64. The molecule has 26 heavy (non-hydrogen) atoms. The molecule has 1 amide bonds. The molecule has 3 nitrogen and oxygen atoms in total. The molecule has 0 spiro atoms. The normalized spacial score (nSPS) is 11.3. The van der Waals surface area contributed by atoms with Crippen LogP contribution in [0.2, 0.25) is 0 Å². The number of hydrogen-bond acceptors (Lipinski definition) is 1. The Hall–Kier alpha value is -2.10. The second-order valence-electron chi connectivity index (χ2n) is 7.44. The predicted octanol–water partition coefficient (Wildman–Crippen LogP) is 5.48. The molecule has 0 aliphatic carbocycles. The summed E-state index contributed by atoms with van der Waals surface area (Å²) in [6.07, 6.45) is 5.28. The van der Waals surface area contributed by atoms with Crippen molar-refractivity contribution in [3.63, 3.8) is 0 Å². The Morgan fingerprint density at radius 2 is 1.85 bits per heavy atom. The summed E-state index contributed by atoms with van der Waals surface area (Å²) in [6.45, 7) is 9.42. The lowest BCUT2D eigenvalue weighted by Crippen LogP contribution is -2.13. The van der Waals surface area contributed by atoms with Crippen molar-refractivity contribution in [1.29, 1.82) is 0 Å². The van der Waals surface area contributed by atoms with Crippen molar-refractivity contribution >= 4 is 5.91 Å². The molecule has 1 aromatic carbocycles. The Kier molecular flexibility index (Phi) is 7.01. The van der Waals surface area contributed by atoms with Gasteiger partial charge in [-0.05, 0) is 49.8 Å². The maximum absolute atomic E-state index is 13.4. The van der Waals surface area contributed by atoms with E-state index in [1.54, 1.807) is 12.1 Å². The van der Waals surface area contributed by atoms with E-state index in [1.165, 1.54) is 12.1 Å². The standard InChI is InChI=1S/C22H31FN2O/c1-5-6-7-8-19-21(17-9-11-18(23)12-10-17)20(22(24)26)16(4)25(19)14-13-15(2)3/h9-12,15H,5-8,13-14H2,1-4H3,(H2,24,26). The molecular weight excluding hydrogens is 327 g/mol. The number of hydrogen-bond donors (Lipinski definition) is 1.